The molecule has 6 heteroatoms. The number of nitrogens with one attached hydrogen (secondary N) is 1. The van der Waals surface area contributed by atoms with Gasteiger partial charge < -0.3 is 15.0 Å². The third-order valence-corrected chi connectivity index (χ3v) is 3.44. The molecule has 0 bridgehead atoms. The lowest BCUT2D eigenvalue weighted by Crippen LogP contribution is -2.47. The normalized spacial score (nSPS) is 18.7. The smallest absolute Gasteiger partial charge is 0.317 e. The highest BCUT2D eigenvalue weighted by Gasteiger charge is 2.25. The maximum atomic E-state index is 11.9. The molecule has 1 fully saturated rings. The molecule has 1 heterocycles. The summed E-state index contributed by atoms with van der Waals surface area (Å²) in [4.78, 5) is 13.6. The maximum Gasteiger partial charge on any atom is 0.317 e. The summed E-state index contributed by atoms with van der Waals surface area (Å²) in [5.41, 5.74) is 0.878. The minimum absolute atomic E-state index is 0.119. The second-order valence-corrected chi connectivity index (χ2v) is 5.36. The SMILES string of the molecule is C=CCNC(=O)N1CCOC(c2cc(Cl)cc(Cl)c2)C1. The quantitative estimate of drug-likeness (QED) is 0.870. The summed E-state index contributed by atoms with van der Waals surface area (Å²) < 4.78 is 5.70. The molecule has 1 N–H and O–H groups in total. The van der Waals surface area contributed by atoms with E-state index in [4.69, 9.17) is 27.9 Å². The van der Waals surface area contributed by atoms with Crippen LogP contribution in [0, 0.1) is 0 Å². The van der Waals surface area contributed by atoms with Crippen molar-refractivity contribution >= 4 is 29.2 Å². The van der Waals surface area contributed by atoms with E-state index in [0.717, 1.165) is 5.56 Å². The van der Waals surface area contributed by atoms with E-state index < -0.39 is 0 Å². The molecular formula is C14H16Cl2N2O2. The number of hydrogen-bond donors (Lipinski definition) is 1. The fourth-order valence-electron chi connectivity index (χ4n) is 2.07. The monoisotopic (exact) mass is 314 g/mol. The molecule has 0 saturated carbocycles. The van der Waals surface area contributed by atoms with E-state index in [9.17, 15) is 4.79 Å². The van der Waals surface area contributed by atoms with Crippen LogP contribution in [-0.4, -0.2) is 37.2 Å². The van der Waals surface area contributed by atoms with Gasteiger partial charge >= 0.3 is 6.03 Å². The molecule has 0 aromatic heterocycles. The Balaban J connectivity index is 2.06. The summed E-state index contributed by atoms with van der Waals surface area (Å²) in [6.45, 7) is 5.54. The van der Waals surface area contributed by atoms with Crippen molar-refractivity contribution < 1.29 is 9.53 Å². The number of carbonyl (C=O) groups excluding carboxylic acids is 1. The van der Waals surface area contributed by atoms with Crippen LogP contribution in [0.2, 0.25) is 10.0 Å². The van der Waals surface area contributed by atoms with E-state index in [1.54, 1.807) is 17.0 Å². The Hall–Kier alpha value is -1.23. The van der Waals surface area contributed by atoms with Crippen LogP contribution < -0.4 is 5.32 Å². The third-order valence-electron chi connectivity index (χ3n) is 3.01. The predicted molar refractivity (Wildman–Crippen MR) is 80.3 cm³/mol. The van der Waals surface area contributed by atoms with E-state index in [0.29, 0.717) is 36.3 Å². The van der Waals surface area contributed by atoms with Crippen molar-refractivity contribution in [3.8, 4) is 0 Å². The average Bonchev–Trinajstić information content (AvgIpc) is 2.44. The molecule has 108 valence electrons. The van der Waals surface area contributed by atoms with Gasteiger partial charge in [-0.25, -0.2) is 4.79 Å². The van der Waals surface area contributed by atoms with Gasteiger partial charge in [-0.2, -0.15) is 0 Å². The Bertz CT molecular complexity index is 488. The number of amides is 2. The highest BCUT2D eigenvalue weighted by Crippen LogP contribution is 2.28. The summed E-state index contributed by atoms with van der Waals surface area (Å²) in [5, 5.41) is 3.88. The molecule has 1 atom stereocenters. The second-order valence-electron chi connectivity index (χ2n) is 4.48. The van der Waals surface area contributed by atoms with Crippen LogP contribution in [0.4, 0.5) is 4.79 Å². The van der Waals surface area contributed by atoms with Crippen molar-refractivity contribution in [1.29, 1.82) is 0 Å². The molecule has 4 nitrogen and oxygen atoms in total. The molecule has 1 aromatic carbocycles. The molecule has 20 heavy (non-hydrogen) atoms. The zero-order chi connectivity index (χ0) is 14.5. The first-order valence-electron chi connectivity index (χ1n) is 6.31. The molecule has 0 radical (unpaired) electrons. The first-order chi connectivity index (χ1) is 9.60. The van der Waals surface area contributed by atoms with Crippen molar-refractivity contribution in [3.05, 3.63) is 46.5 Å². The van der Waals surface area contributed by atoms with E-state index in [2.05, 4.69) is 11.9 Å². The topological polar surface area (TPSA) is 41.6 Å². The van der Waals surface area contributed by atoms with Crippen molar-refractivity contribution in [2.45, 2.75) is 6.10 Å². The Morgan fingerprint density at radius 2 is 2.15 bits per heavy atom. The van der Waals surface area contributed by atoms with Crippen LogP contribution in [0.25, 0.3) is 0 Å². The number of urea groups is 1. The molecule has 0 spiro atoms. The number of rotatable bonds is 3. The number of nitrogens with zero attached hydrogens (tertiary/aromatic N) is 1. The van der Waals surface area contributed by atoms with Crippen molar-refractivity contribution in [2.24, 2.45) is 0 Å². The number of morpholine rings is 1. The van der Waals surface area contributed by atoms with Gasteiger partial charge in [0.25, 0.3) is 0 Å². The molecule has 2 rings (SSSR count). The van der Waals surface area contributed by atoms with Gasteiger partial charge in [-0.1, -0.05) is 29.3 Å². The predicted octanol–water partition coefficient (Wildman–Crippen LogP) is 3.26. The fraction of sp³-hybridized carbons (Fsp3) is 0.357. The lowest BCUT2D eigenvalue weighted by atomic mass is 10.1. The lowest BCUT2D eigenvalue weighted by molar-refractivity contribution is -0.0153. The highest BCUT2D eigenvalue weighted by molar-refractivity contribution is 6.34. The van der Waals surface area contributed by atoms with Crippen LogP contribution in [-0.2, 0) is 4.74 Å². The summed E-state index contributed by atoms with van der Waals surface area (Å²) in [7, 11) is 0. The van der Waals surface area contributed by atoms with Crippen LogP contribution >= 0.6 is 23.2 Å². The van der Waals surface area contributed by atoms with Gasteiger partial charge in [0.2, 0.25) is 0 Å². The standard InChI is InChI=1S/C14H16Cl2N2O2/c1-2-3-17-14(19)18-4-5-20-13(9-18)10-6-11(15)8-12(16)7-10/h2,6-8,13H,1,3-5,9H2,(H,17,19). The molecule has 1 aliphatic heterocycles. The first kappa shape index (κ1) is 15.2. The summed E-state index contributed by atoms with van der Waals surface area (Å²) in [6.07, 6.45) is 1.43. The minimum Gasteiger partial charge on any atom is -0.370 e. The van der Waals surface area contributed by atoms with Crippen molar-refractivity contribution in [3.63, 3.8) is 0 Å². The zero-order valence-corrected chi connectivity index (χ0v) is 12.5. The maximum absolute atomic E-state index is 11.9. The average molecular weight is 315 g/mol. The van der Waals surface area contributed by atoms with Gasteiger partial charge in [-0.3, -0.25) is 0 Å². The Morgan fingerprint density at radius 1 is 1.45 bits per heavy atom. The van der Waals surface area contributed by atoms with Gasteiger partial charge in [-0.05, 0) is 23.8 Å². The Kier molecular flexibility index (Phi) is 5.29. The van der Waals surface area contributed by atoms with Crippen LogP contribution in [0.3, 0.4) is 0 Å². The van der Waals surface area contributed by atoms with Crippen LogP contribution in [0.5, 0.6) is 0 Å². The molecule has 2 amide bonds. The van der Waals surface area contributed by atoms with Gasteiger partial charge in [0.15, 0.2) is 0 Å². The summed E-state index contributed by atoms with van der Waals surface area (Å²) in [5.74, 6) is 0. The van der Waals surface area contributed by atoms with E-state index in [1.165, 1.54) is 0 Å². The summed E-state index contributed by atoms with van der Waals surface area (Å²) in [6, 6.07) is 5.17. The first-order valence-corrected chi connectivity index (χ1v) is 7.07. The highest BCUT2D eigenvalue weighted by atomic mass is 35.5. The largest absolute Gasteiger partial charge is 0.370 e. The van der Waals surface area contributed by atoms with Gasteiger partial charge in [-0.15, -0.1) is 6.58 Å². The molecule has 0 aliphatic carbocycles. The third kappa shape index (κ3) is 3.88. The van der Waals surface area contributed by atoms with Gasteiger partial charge in [0.1, 0.15) is 6.10 Å². The zero-order valence-electron chi connectivity index (χ0n) is 10.9. The van der Waals surface area contributed by atoms with Gasteiger partial charge in [0, 0.05) is 23.1 Å². The minimum atomic E-state index is -0.213. The lowest BCUT2D eigenvalue weighted by Gasteiger charge is -2.33. The Morgan fingerprint density at radius 3 is 2.80 bits per heavy atom. The second kappa shape index (κ2) is 6.97. The summed E-state index contributed by atoms with van der Waals surface area (Å²) >= 11 is 12.0. The molecule has 1 aliphatic rings. The molecule has 1 saturated heterocycles. The number of ether oxygens (including phenoxy) is 1. The number of halogens is 2. The van der Waals surface area contributed by atoms with Crippen LogP contribution in [0.1, 0.15) is 11.7 Å². The van der Waals surface area contributed by atoms with Crippen molar-refractivity contribution in [1.82, 2.24) is 10.2 Å². The fourth-order valence-corrected chi connectivity index (χ4v) is 2.61. The van der Waals surface area contributed by atoms with E-state index in [-0.39, 0.29) is 12.1 Å². The van der Waals surface area contributed by atoms with Crippen molar-refractivity contribution in [2.75, 3.05) is 26.2 Å². The molecule has 1 aromatic rings. The number of hydrogen-bond acceptors (Lipinski definition) is 2. The van der Waals surface area contributed by atoms with Crippen LogP contribution in [0.15, 0.2) is 30.9 Å². The molecule has 1 unspecified atom stereocenters. The van der Waals surface area contributed by atoms with E-state index in [1.807, 2.05) is 12.1 Å². The Labute approximate surface area is 128 Å². The van der Waals surface area contributed by atoms with E-state index >= 15 is 0 Å². The van der Waals surface area contributed by atoms with Gasteiger partial charge in [0.05, 0.1) is 13.2 Å². The number of carbonyl (C=O) groups is 1. The molecular weight excluding hydrogens is 299 g/mol. The number of benzene rings is 1.